The molecule has 10 nitrogen and oxygen atoms in total. The SMILES string of the molecule is COc1cc(=O)n2c(c1C(=O)NCc1nonc1C)CCN(C(=O)c1ccc(CC(C)C)cc1)CC2. The fourth-order valence-corrected chi connectivity index (χ4v) is 4.46. The summed E-state index contributed by atoms with van der Waals surface area (Å²) in [6.45, 7) is 7.17. The fourth-order valence-electron chi connectivity index (χ4n) is 4.46. The molecule has 4 rings (SSSR count). The number of rotatable bonds is 7. The van der Waals surface area contributed by atoms with E-state index < -0.39 is 5.91 Å². The summed E-state index contributed by atoms with van der Waals surface area (Å²) >= 11 is 0. The first-order valence-electron chi connectivity index (χ1n) is 12.0. The van der Waals surface area contributed by atoms with Crippen molar-refractivity contribution in [1.29, 1.82) is 0 Å². The molecular formula is C26H31N5O5. The average molecular weight is 494 g/mol. The van der Waals surface area contributed by atoms with Crippen LogP contribution in [0.25, 0.3) is 0 Å². The molecule has 0 saturated carbocycles. The number of pyridine rings is 1. The molecule has 1 aromatic carbocycles. The van der Waals surface area contributed by atoms with Gasteiger partial charge in [0, 0.05) is 43.4 Å². The third-order valence-corrected chi connectivity index (χ3v) is 6.34. The molecule has 0 spiro atoms. The number of aromatic nitrogens is 3. The van der Waals surface area contributed by atoms with E-state index in [0.29, 0.717) is 48.1 Å². The highest BCUT2D eigenvalue weighted by molar-refractivity contribution is 5.98. The van der Waals surface area contributed by atoms with Crippen LogP contribution in [0.15, 0.2) is 39.8 Å². The van der Waals surface area contributed by atoms with Gasteiger partial charge < -0.3 is 19.5 Å². The first-order chi connectivity index (χ1) is 17.3. The van der Waals surface area contributed by atoms with Crippen molar-refractivity contribution in [2.75, 3.05) is 20.2 Å². The van der Waals surface area contributed by atoms with Gasteiger partial charge in [-0.3, -0.25) is 14.4 Å². The van der Waals surface area contributed by atoms with E-state index in [1.165, 1.54) is 18.7 Å². The van der Waals surface area contributed by atoms with Crippen LogP contribution < -0.4 is 15.6 Å². The molecule has 0 fully saturated rings. The van der Waals surface area contributed by atoms with Crippen LogP contribution in [0.2, 0.25) is 0 Å². The van der Waals surface area contributed by atoms with E-state index in [4.69, 9.17) is 4.74 Å². The van der Waals surface area contributed by atoms with Gasteiger partial charge in [-0.15, -0.1) is 0 Å². The number of fused-ring (bicyclic) bond motifs is 1. The minimum Gasteiger partial charge on any atom is -0.496 e. The van der Waals surface area contributed by atoms with E-state index in [0.717, 1.165) is 6.42 Å². The predicted octanol–water partition coefficient (Wildman–Crippen LogP) is 2.38. The molecular weight excluding hydrogens is 462 g/mol. The lowest BCUT2D eigenvalue weighted by Crippen LogP contribution is -2.34. The van der Waals surface area contributed by atoms with Crippen molar-refractivity contribution in [2.45, 2.75) is 46.7 Å². The summed E-state index contributed by atoms with van der Waals surface area (Å²) in [4.78, 5) is 41.0. The molecule has 10 heteroatoms. The van der Waals surface area contributed by atoms with Gasteiger partial charge in [-0.25, -0.2) is 4.63 Å². The van der Waals surface area contributed by atoms with Crippen molar-refractivity contribution >= 4 is 11.8 Å². The van der Waals surface area contributed by atoms with Gasteiger partial charge in [-0.05, 0) is 37.0 Å². The van der Waals surface area contributed by atoms with Crippen LogP contribution in [-0.2, 0) is 25.9 Å². The molecule has 0 bridgehead atoms. The van der Waals surface area contributed by atoms with Gasteiger partial charge in [-0.2, -0.15) is 0 Å². The van der Waals surface area contributed by atoms with Gasteiger partial charge in [0.25, 0.3) is 17.4 Å². The number of carbonyl (C=O) groups is 2. The maximum atomic E-state index is 13.2. The third kappa shape index (κ3) is 5.32. The number of hydrogen-bond acceptors (Lipinski definition) is 7. The van der Waals surface area contributed by atoms with Crippen molar-refractivity contribution in [3.8, 4) is 5.75 Å². The third-order valence-electron chi connectivity index (χ3n) is 6.34. The number of aryl methyl sites for hydroxylation is 1. The zero-order valence-electron chi connectivity index (χ0n) is 21.0. The Hall–Kier alpha value is -3.95. The summed E-state index contributed by atoms with van der Waals surface area (Å²) in [5.74, 6) is 0.228. The second kappa shape index (κ2) is 10.8. The van der Waals surface area contributed by atoms with E-state index in [9.17, 15) is 14.4 Å². The highest BCUT2D eigenvalue weighted by Gasteiger charge is 2.27. The second-order valence-corrected chi connectivity index (χ2v) is 9.34. The minimum atomic E-state index is -0.404. The molecule has 0 radical (unpaired) electrons. The molecule has 0 unspecified atom stereocenters. The van der Waals surface area contributed by atoms with Crippen LogP contribution in [0.4, 0.5) is 0 Å². The maximum absolute atomic E-state index is 13.2. The molecule has 0 aliphatic carbocycles. The normalized spacial score (nSPS) is 13.3. The summed E-state index contributed by atoms with van der Waals surface area (Å²) in [5, 5.41) is 10.3. The van der Waals surface area contributed by atoms with Crippen LogP contribution in [-0.4, -0.2) is 51.8 Å². The largest absolute Gasteiger partial charge is 0.496 e. The summed E-state index contributed by atoms with van der Waals surface area (Å²) in [6.07, 6.45) is 1.28. The second-order valence-electron chi connectivity index (χ2n) is 9.34. The molecule has 3 aromatic rings. The topological polar surface area (TPSA) is 120 Å². The van der Waals surface area contributed by atoms with Crippen molar-refractivity contribution in [2.24, 2.45) is 5.92 Å². The molecule has 36 heavy (non-hydrogen) atoms. The molecule has 1 N–H and O–H groups in total. The number of amides is 2. The monoisotopic (exact) mass is 493 g/mol. The van der Waals surface area contributed by atoms with E-state index in [1.54, 1.807) is 16.4 Å². The lowest BCUT2D eigenvalue weighted by Gasteiger charge is -2.20. The quantitative estimate of drug-likeness (QED) is 0.537. The molecule has 190 valence electrons. The van der Waals surface area contributed by atoms with Crippen molar-refractivity contribution in [3.63, 3.8) is 0 Å². The molecule has 1 aliphatic heterocycles. The zero-order chi connectivity index (χ0) is 25.8. The molecule has 3 heterocycles. The van der Waals surface area contributed by atoms with Gasteiger partial charge >= 0.3 is 0 Å². The smallest absolute Gasteiger partial charge is 0.257 e. The van der Waals surface area contributed by atoms with Crippen LogP contribution in [0.3, 0.4) is 0 Å². The lowest BCUT2D eigenvalue weighted by atomic mass is 10.0. The fraction of sp³-hybridized carbons (Fsp3) is 0.423. The van der Waals surface area contributed by atoms with Crippen LogP contribution in [0.5, 0.6) is 5.75 Å². The Balaban J connectivity index is 1.55. The number of nitrogens with one attached hydrogen (secondary N) is 1. The van der Waals surface area contributed by atoms with Crippen molar-refractivity contribution in [3.05, 3.63) is 74.5 Å². The molecule has 1 aliphatic rings. The number of ether oxygens (including phenoxy) is 1. The summed E-state index contributed by atoms with van der Waals surface area (Å²) in [7, 11) is 1.42. The van der Waals surface area contributed by atoms with Gasteiger partial charge in [-0.1, -0.05) is 36.3 Å². The van der Waals surface area contributed by atoms with Crippen LogP contribution in [0, 0.1) is 12.8 Å². The van der Waals surface area contributed by atoms with Crippen molar-refractivity contribution < 1.29 is 19.0 Å². The molecule has 2 amide bonds. The Labute approximate surface area is 209 Å². The first kappa shape index (κ1) is 25.2. The van der Waals surface area contributed by atoms with Gasteiger partial charge in [0.05, 0.1) is 13.7 Å². The van der Waals surface area contributed by atoms with Gasteiger partial charge in [0.2, 0.25) is 0 Å². The zero-order valence-corrected chi connectivity index (χ0v) is 21.0. The predicted molar refractivity (Wildman–Crippen MR) is 132 cm³/mol. The summed E-state index contributed by atoms with van der Waals surface area (Å²) in [5.41, 5.74) is 3.42. The number of methoxy groups -OCH3 is 1. The Morgan fingerprint density at radius 3 is 2.53 bits per heavy atom. The Kier molecular flexibility index (Phi) is 7.52. The van der Waals surface area contributed by atoms with Crippen molar-refractivity contribution in [1.82, 2.24) is 25.1 Å². The first-order valence-corrected chi connectivity index (χ1v) is 12.0. The van der Waals surface area contributed by atoms with E-state index in [1.807, 2.05) is 24.3 Å². The Bertz CT molecular complexity index is 1310. The maximum Gasteiger partial charge on any atom is 0.257 e. The number of nitrogens with zero attached hydrogens (tertiary/aromatic N) is 4. The standard InChI is InChI=1S/C26H31N5O5/c1-16(2)13-18-5-7-19(8-6-18)26(34)30-10-9-21-24(22(35-4)14-23(32)31(21)12-11-30)25(33)27-15-20-17(3)28-36-29-20/h5-8,14,16H,9-13,15H2,1-4H3,(H,27,33). The van der Waals surface area contributed by atoms with E-state index in [-0.39, 0.29) is 35.9 Å². The Morgan fingerprint density at radius 1 is 1.14 bits per heavy atom. The number of hydrogen-bond donors (Lipinski definition) is 1. The van der Waals surface area contributed by atoms with Gasteiger partial charge in [0.1, 0.15) is 22.7 Å². The average Bonchev–Trinajstić information content (AvgIpc) is 3.13. The molecule has 0 atom stereocenters. The number of benzene rings is 1. The van der Waals surface area contributed by atoms with Crippen LogP contribution >= 0.6 is 0 Å². The minimum absolute atomic E-state index is 0.0982. The van der Waals surface area contributed by atoms with E-state index in [2.05, 4.69) is 34.1 Å². The summed E-state index contributed by atoms with van der Waals surface area (Å²) < 4.78 is 11.6. The summed E-state index contributed by atoms with van der Waals surface area (Å²) in [6, 6.07) is 9.00. The Morgan fingerprint density at radius 2 is 1.89 bits per heavy atom. The molecule has 0 saturated heterocycles. The lowest BCUT2D eigenvalue weighted by molar-refractivity contribution is 0.0759. The highest BCUT2D eigenvalue weighted by atomic mass is 16.6. The van der Waals surface area contributed by atoms with E-state index >= 15 is 0 Å². The molecule has 2 aromatic heterocycles. The van der Waals surface area contributed by atoms with Crippen LogP contribution in [0.1, 0.15) is 57.2 Å². The number of carbonyl (C=O) groups excluding carboxylic acids is 2. The highest BCUT2D eigenvalue weighted by Crippen LogP contribution is 2.23. The van der Waals surface area contributed by atoms with Gasteiger partial charge in [0.15, 0.2) is 0 Å².